The van der Waals surface area contributed by atoms with Crippen LogP contribution in [0.1, 0.15) is 16.7 Å². The van der Waals surface area contributed by atoms with Gasteiger partial charge < -0.3 is 14.9 Å². The molecule has 0 unspecified atom stereocenters. The average Bonchev–Trinajstić information content (AvgIpc) is 2.06. The Morgan fingerprint density at radius 3 is 2.00 bits per heavy atom. The summed E-state index contributed by atoms with van der Waals surface area (Å²) in [5, 5.41) is 9.33. The van der Waals surface area contributed by atoms with Gasteiger partial charge in [-0.05, 0) is 43.5 Å². The van der Waals surface area contributed by atoms with Crippen molar-refractivity contribution in [1.82, 2.24) is 0 Å². The zero-order valence-electron chi connectivity index (χ0n) is 8.27. The normalized spacial score (nSPS) is 11.8. The summed E-state index contributed by atoms with van der Waals surface area (Å²) in [6.45, 7) is 5.07. The van der Waals surface area contributed by atoms with E-state index in [2.05, 4.69) is 0 Å². The molecular weight excluding hydrogens is 203 g/mol. The first-order valence-electron chi connectivity index (χ1n) is 4.11. The molecule has 0 atom stereocenters. The molecule has 0 aromatic heterocycles. The maximum atomic E-state index is 11.1. The van der Waals surface area contributed by atoms with Crippen LogP contribution >= 0.6 is 7.60 Å². The fourth-order valence-corrected chi connectivity index (χ4v) is 2.21. The number of phenols is 1. The molecule has 3 N–H and O–H groups in total. The third kappa shape index (κ3) is 1.82. The van der Waals surface area contributed by atoms with Crippen LogP contribution in [0.2, 0.25) is 0 Å². The third-order valence-electron chi connectivity index (χ3n) is 2.48. The number of aromatic hydroxyl groups is 1. The van der Waals surface area contributed by atoms with Crippen LogP contribution < -0.4 is 5.30 Å². The SMILES string of the molecule is Cc1c(O)cc(P(=O)(O)O)c(C)c1C. The molecule has 4 nitrogen and oxygen atoms in total. The Hall–Kier alpha value is -0.830. The Kier molecular flexibility index (Phi) is 2.72. The van der Waals surface area contributed by atoms with E-state index in [9.17, 15) is 9.67 Å². The van der Waals surface area contributed by atoms with Gasteiger partial charge in [0.15, 0.2) is 0 Å². The minimum Gasteiger partial charge on any atom is -0.508 e. The molecule has 0 amide bonds. The van der Waals surface area contributed by atoms with E-state index in [1.807, 2.05) is 0 Å². The molecule has 0 radical (unpaired) electrons. The van der Waals surface area contributed by atoms with Gasteiger partial charge in [0.1, 0.15) is 5.75 Å². The van der Waals surface area contributed by atoms with Gasteiger partial charge in [-0.25, -0.2) is 0 Å². The minimum absolute atomic E-state index is 0.0774. The molecule has 0 aliphatic carbocycles. The monoisotopic (exact) mass is 216 g/mol. The maximum Gasteiger partial charge on any atom is 0.356 e. The molecule has 0 saturated carbocycles. The van der Waals surface area contributed by atoms with Crippen molar-refractivity contribution in [2.75, 3.05) is 0 Å². The molecule has 0 saturated heterocycles. The standard InChI is InChI=1S/C9H13O4P/c1-5-6(2)8(10)4-9(7(5)3)14(11,12)13/h4,10H,1-3H3,(H2,11,12,13). The molecule has 5 heteroatoms. The van der Waals surface area contributed by atoms with Crippen molar-refractivity contribution in [2.24, 2.45) is 0 Å². The number of hydrogen-bond acceptors (Lipinski definition) is 2. The molecule has 0 spiro atoms. The van der Waals surface area contributed by atoms with Crippen LogP contribution in [0.5, 0.6) is 5.75 Å². The topological polar surface area (TPSA) is 77.8 Å². The van der Waals surface area contributed by atoms with Crippen LogP contribution in [0.15, 0.2) is 6.07 Å². The van der Waals surface area contributed by atoms with E-state index in [4.69, 9.17) is 9.79 Å². The lowest BCUT2D eigenvalue weighted by Crippen LogP contribution is -2.10. The van der Waals surface area contributed by atoms with E-state index in [0.717, 1.165) is 6.07 Å². The van der Waals surface area contributed by atoms with Gasteiger partial charge >= 0.3 is 7.60 Å². The lowest BCUT2D eigenvalue weighted by molar-refractivity contribution is 0.386. The van der Waals surface area contributed by atoms with Crippen LogP contribution in [0.4, 0.5) is 0 Å². The van der Waals surface area contributed by atoms with Crippen molar-refractivity contribution in [3.8, 4) is 5.75 Å². The highest BCUT2D eigenvalue weighted by molar-refractivity contribution is 7.60. The van der Waals surface area contributed by atoms with Gasteiger partial charge in [-0.3, -0.25) is 4.57 Å². The van der Waals surface area contributed by atoms with Crippen LogP contribution in [0.3, 0.4) is 0 Å². The molecule has 1 aromatic carbocycles. The van der Waals surface area contributed by atoms with Gasteiger partial charge in [0.25, 0.3) is 0 Å². The summed E-state index contributed by atoms with van der Waals surface area (Å²) in [6.07, 6.45) is 0. The summed E-state index contributed by atoms with van der Waals surface area (Å²) in [6, 6.07) is 1.14. The highest BCUT2D eigenvalue weighted by atomic mass is 31.2. The molecule has 1 aromatic rings. The molecule has 0 aliphatic rings. The Morgan fingerprint density at radius 1 is 1.07 bits per heavy atom. The average molecular weight is 216 g/mol. The highest BCUT2D eigenvalue weighted by Gasteiger charge is 2.22. The first kappa shape index (κ1) is 11.2. The zero-order valence-corrected chi connectivity index (χ0v) is 9.17. The smallest absolute Gasteiger partial charge is 0.356 e. The fourth-order valence-electron chi connectivity index (χ4n) is 1.31. The summed E-state index contributed by atoms with van der Waals surface area (Å²) in [4.78, 5) is 18.0. The summed E-state index contributed by atoms with van der Waals surface area (Å²) in [5.74, 6) is -0.0774. The Balaban J connectivity index is 3.57. The van der Waals surface area contributed by atoms with E-state index in [1.54, 1.807) is 20.8 Å². The van der Waals surface area contributed by atoms with Crippen molar-refractivity contribution in [3.05, 3.63) is 22.8 Å². The van der Waals surface area contributed by atoms with Gasteiger partial charge in [0, 0.05) is 0 Å². The Labute approximate surface area is 82.4 Å². The van der Waals surface area contributed by atoms with Crippen molar-refractivity contribution >= 4 is 12.9 Å². The third-order valence-corrected chi connectivity index (χ3v) is 3.57. The molecule has 0 fully saturated rings. The second-order valence-corrected chi connectivity index (χ2v) is 4.90. The van der Waals surface area contributed by atoms with Crippen LogP contribution in [-0.2, 0) is 4.57 Å². The van der Waals surface area contributed by atoms with Crippen molar-refractivity contribution in [3.63, 3.8) is 0 Å². The predicted octanol–water partition coefficient (Wildman–Crippen LogP) is 1.12. The van der Waals surface area contributed by atoms with E-state index in [1.165, 1.54) is 0 Å². The number of phenolic OH excluding ortho intramolecular Hbond substituents is 1. The Morgan fingerprint density at radius 2 is 1.57 bits per heavy atom. The fraction of sp³-hybridized carbons (Fsp3) is 0.333. The van der Waals surface area contributed by atoms with Gasteiger partial charge in [0.05, 0.1) is 5.30 Å². The molecule has 0 aliphatic heterocycles. The van der Waals surface area contributed by atoms with E-state index in [0.29, 0.717) is 16.7 Å². The van der Waals surface area contributed by atoms with Crippen LogP contribution in [0.25, 0.3) is 0 Å². The number of rotatable bonds is 1. The first-order valence-corrected chi connectivity index (χ1v) is 5.72. The molecule has 78 valence electrons. The van der Waals surface area contributed by atoms with Gasteiger partial charge in [-0.1, -0.05) is 0 Å². The quantitative estimate of drug-likeness (QED) is 0.615. The summed E-state index contributed by atoms with van der Waals surface area (Å²) in [5.41, 5.74) is 1.90. The van der Waals surface area contributed by atoms with Crippen molar-refractivity contribution in [2.45, 2.75) is 20.8 Å². The van der Waals surface area contributed by atoms with E-state index >= 15 is 0 Å². The highest BCUT2D eigenvalue weighted by Crippen LogP contribution is 2.37. The van der Waals surface area contributed by atoms with Gasteiger partial charge in [0.2, 0.25) is 0 Å². The molecule has 1 rings (SSSR count). The zero-order chi connectivity index (χ0) is 11.1. The lowest BCUT2D eigenvalue weighted by Gasteiger charge is -2.13. The van der Waals surface area contributed by atoms with Gasteiger partial charge in [-0.2, -0.15) is 0 Å². The predicted molar refractivity (Wildman–Crippen MR) is 54.0 cm³/mol. The molecular formula is C9H13O4P. The summed E-state index contributed by atoms with van der Waals surface area (Å²) in [7, 11) is -4.29. The van der Waals surface area contributed by atoms with Crippen molar-refractivity contribution < 1.29 is 19.5 Å². The lowest BCUT2D eigenvalue weighted by atomic mass is 10.0. The summed E-state index contributed by atoms with van der Waals surface area (Å²) < 4.78 is 11.1. The Bertz CT molecular complexity index is 419. The van der Waals surface area contributed by atoms with Crippen molar-refractivity contribution in [1.29, 1.82) is 0 Å². The molecule has 14 heavy (non-hydrogen) atoms. The number of hydrogen-bond donors (Lipinski definition) is 3. The van der Waals surface area contributed by atoms with Gasteiger partial charge in [-0.15, -0.1) is 0 Å². The second-order valence-electron chi connectivity index (χ2n) is 3.33. The molecule has 0 bridgehead atoms. The minimum atomic E-state index is -4.29. The number of benzene rings is 1. The molecule has 0 heterocycles. The first-order chi connectivity index (χ1) is 6.25. The summed E-state index contributed by atoms with van der Waals surface area (Å²) >= 11 is 0. The largest absolute Gasteiger partial charge is 0.508 e. The maximum absolute atomic E-state index is 11.1. The van der Waals surface area contributed by atoms with E-state index < -0.39 is 7.60 Å². The van der Waals surface area contributed by atoms with Crippen LogP contribution in [0, 0.1) is 20.8 Å². The van der Waals surface area contributed by atoms with E-state index in [-0.39, 0.29) is 11.1 Å². The second kappa shape index (κ2) is 3.39. The van der Waals surface area contributed by atoms with Crippen LogP contribution in [-0.4, -0.2) is 14.9 Å².